The Balaban J connectivity index is 0.00000341. The summed E-state index contributed by atoms with van der Waals surface area (Å²) in [5.74, 6) is -1.07. The molecule has 2 aromatic carbocycles. The first-order valence-electron chi connectivity index (χ1n) is 9.68. The highest BCUT2D eigenvalue weighted by Crippen LogP contribution is 2.23. The summed E-state index contributed by atoms with van der Waals surface area (Å²) in [6.07, 6.45) is -1.40. The van der Waals surface area contributed by atoms with Gasteiger partial charge in [-0.15, -0.1) is 12.4 Å². The number of hydrogen-bond acceptors (Lipinski definition) is 5. The first-order chi connectivity index (χ1) is 14.3. The van der Waals surface area contributed by atoms with Crippen LogP contribution in [-0.2, 0) is 32.1 Å². The van der Waals surface area contributed by atoms with Crippen LogP contribution in [0.3, 0.4) is 0 Å². The van der Waals surface area contributed by atoms with Crippen molar-refractivity contribution in [2.24, 2.45) is 0 Å². The van der Waals surface area contributed by atoms with Gasteiger partial charge in [0.15, 0.2) is 12.2 Å². The predicted octanol–water partition coefficient (Wildman–Crippen LogP) is 0.890. The van der Waals surface area contributed by atoms with Crippen molar-refractivity contribution in [3.63, 3.8) is 0 Å². The Labute approximate surface area is 187 Å². The molecule has 1 fully saturated rings. The lowest BCUT2D eigenvalue weighted by Crippen LogP contribution is -2.49. The van der Waals surface area contributed by atoms with Gasteiger partial charge in [-0.1, -0.05) is 42.5 Å². The molecular formula is C22H27ClN4O4. The molecule has 0 spiro atoms. The Hall–Kier alpha value is -3.10. The number of nitrogen functional groups attached to an aromatic ring is 1. The minimum atomic E-state index is -0.898. The van der Waals surface area contributed by atoms with Crippen LogP contribution in [0.1, 0.15) is 11.1 Å². The molecule has 0 saturated carbocycles. The van der Waals surface area contributed by atoms with Crippen molar-refractivity contribution in [2.75, 3.05) is 19.8 Å². The Morgan fingerprint density at radius 1 is 0.968 bits per heavy atom. The van der Waals surface area contributed by atoms with Crippen molar-refractivity contribution < 1.29 is 19.1 Å². The number of hydrogen-bond donors (Lipinski definition) is 3. The maximum absolute atomic E-state index is 12.6. The van der Waals surface area contributed by atoms with Crippen molar-refractivity contribution >= 4 is 35.8 Å². The number of carbonyl (C=O) groups is 3. The molecule has 3 rings (SSSR count). The molecule has 1 aliphatic rings. The number of anilines is 1. The monoisotopic (exact) mass is 446 g/mol. The van der Waals surface area contributed by atoms with E-state index in [1.54, 1.807) is 26.2 Å². The molecule has 3 atom stereocenters. The number of likely N-dealkylation sites (N-methyl/N-ethyl adjacent to an activating group) is 1. The minimum absolute atomic E-state index is 0. The highest BCUT2D eigenvalue weighted by Gasteiger charge is 2.50. The van der Waals surface area contributed by atoms with Crippen LogP contribution in [0.4, 0.5) is 5.69 Å². The first-order valence-corrected chi connectivity index (χ1v) is 9.68. The summed E-state index contributed by atoms with van der Waals surface area (Å²) in [7, 11) is 3.26. The number of rotatable bonds is 8. The molecule has 0 aromatic heterocycles. The number of nitrogens with two attached hydrogens (primary N) is 1. The number of nitrogens with one attached hydrogen (secondary N) is 2. The number of amides is 3. The zero-order chi connectivity index (χ0) is 21.7. The fourth-order valence-corrected chi connectivity index (χ4v) is 3.05. The third-order valence-electron chi connectivity index (χ3n) is 4.79. The van der Waals surface area contributed by atoms with Crippen LogP contribution in [0.2, 0.25) is 0 Å². The maximum atomic E-state index is 12.6. The zero-order valence-electron chi connectivity index (χ0n) is 17.4. The maximum Gasteiger partial charge on any atom is 0.253 e. The fourth-order valence-electron chi connectivity index (χ4n) is 3.05. The average molecular weight is 447 g/mol. The Bertz CT molecular complexity index is 905. The molecule has 9 heteroatoms. The smallest absolute Gasteiger partial charge is 0.253 e. The van der Waals surface area contributed by atoms with Gasteiger partial charge in [0.25, 0.3) is 11.8 Å². The molecular weight excluding hydrogens is 420 g/mol. The quantitative estimate of drug-likeness (QED) is 0.411. The lowest BCUT2D eigenvalue weighted by Gasteiger charge is -2.21. The first kappa shape index (κ1) is 24.2. The highest BCUT2D eigenvalue weighted by molar-refractivity contribution is 5.97. The number of halogens is 1. The van der Waals surface area contributed by atoms with Gasteiger partial charge in [-0.05, 0) is 23.3 Å². The summed E-state index contributed by atoms with van der Waals surface area (Å²) < 4.78 is 5.27. The van der Waals surface area contributed by atoms with Crippen LogP contribution >= 0.6 is 12.4 Å². The second-order valence-corrected chi connectivity index (χ2v) is 7.42. The highest BCUT2D eigenvalue weighted by atomic mass is 35.5. The number of ether oxygens (including phenoxy) is 1. The SMILES string of the molecule is CN(C)C(=O)[C@H](Cc1ccccc1)NC(=O)C1OC1C(=O)NCc1ccc(N)cc1.Cl. The van der Waals surface area contributed by atoms with Crippen molar-refractivity contribution in [1.82, 2.24) is 15.5 Å². The Morgan fingerprint density at radius 2 is 1.58 bits per heavy atom. The summed E-state index contributed by atoms with van der Waals surface area (Å²) in [6, 6.07) is 15.8. The van der Waals surface area contributed by atoms with Gasteiger partial charge in [-0.2, -0.15) is 0 Å². The normalized spacial score (nSPS) is 17.6. The lowest BCUT2D eigenvalue weighted by molar-refractivity contribution is -0.134. The van der Waals surface area contributed by atoms with Crippen molar-refractivity contribution in [1.29, 1.82) is 0 Å². The minimum Gasteiger partial charge on any atom is -0.399 e. The standard InChI is InChI=1S/C22H26N4O4.ClH/c1-26(2)22(29)17(12-14-6-4-3-5-7-14)25-21(28)19-18(30-19)20(27)24-13-15-8-10-16(23)11-9-15;/h3-11,17-19H,12-13,23H2,1-2H3,(H,24,27)(H,25,28);1H/t17-,18?,19?;/m0./s1. The molecule has 1 heterocycles. The predicted molar refractivity (Wildman–Crippen MR) is 119 cm³/mol. The summed E-state index contributed by atoms with van der Waals surface area (Å²) in [6.45, 7) is 0.309. The summed E-state index contributed by atoms with van der Waals surface area (Å²) >= 11 is 0. The molecule has 1 saturated heterocycles. The molecule has 8 nitrogen and oxygen atoms in total. The van der Waals surface area contributed by atoms with Crippen LogP contribution in [0.25, 0.3) is 0 Å². The Kier molecular flexibility index (Phi) is 8.41. The molecule has 2 aromatic rings. The van der Waals surface area contributed by atoms with Crippen LogP contribution in [0.5, 0.6) is 0 Å². The molecule has 0 aliphatic carbocycles. The second-order valence-electron chi connectivity index (χ2n) is 7.42. The number of carbonyl (C=O) groups excluding carboxylic acids is 3. The lowest BCUT2D eigenvalue weighted by atomic mass is 10.0. The molecule has 4 N–H and O–H groups in total. The third kappa shape index (κ3) is 6.70. The summed E-state index contributed by atoms with van der Waals surface area (Å²) in [5, 5.41) is 5.46. The van der Waals surface area contributed by atoms with E-state index in [2.05, 4.69) is 10.6 Å². The zero-order valence-corrected chi connectivity index (χ0v) is 18.2. The molecule has 3 amide bonds. The van der Waals surface area contributed by atoms with E-state index in [0.717, 1.165) is 11.1 Å². The van der Waals surface area contributed by atoms with Crippen molar-refractivity contribution in [3.05, 3.63) is 65.7 Å². The van der Waals surface area contributed by atoms with E-state index in [0.29, 0.717) is 18.7 Å². The van der Waals surface area contributed by atoms with Gasteiger partial charge in [0.2, 0.25) is 5.91 Å². The van der Waals surface area contributed by atoms with E-state index in [9.17, 15) is 14.4 Å². The van der Waals surface area contributed by atoms with E-state index in [1.165, 1.54) is 4.90 Å². The summed E-state index contributed by atoms with van der Waals surface area (Å²) in [4.78, 5) is 38.8. The topological polar surface area (TPSA) is 117 Å². The number of benzene rings is 2. The van der Waals surface area contributed by atoms with E-state index in [4.69, 9.17) is 10.5 Å². The van der Waals surface area contributed by atoms with Crippen molar-refractivity contribution in [2.45, 2.75) is 31.2 Å². The van der Waals surface area contributed by atoms with Gasteiger partial charge >= 0.3 is 0 Å². The number of epoxide rings is 1. The molecule has 0 bridgehead atoms. The molecule has 166 valence electrons. The van der Waals surface area contributed by atoms with Gasteiger partial charge < -0.3 is 26.0 Å². The van der Waals surface area contributed by atoms with E-state index in [1.807, 2.05) is 42.5 Å². The average Bonchev–Trinajstić information content (AvgIpc) is 3.54. The van der Waals surface area contributed by atoms with Gasteiger partial charge in [-0.25, -0.2) is 0 Å². The molecule has 0 radical (unpaired) electrons. The molecule has 1 aliphatic heterocycles. The number of nitrogens with zero attached hydrogens (tertiary/aromatic N) is 1. The van der Waals surface area contributed by atoms with E-state index in [-0.39, 0.29) is 24.2 Å². The van der Waals surface area contributed by atoms with Gasteiger partial charge in [0.1, 0.15) is 6.04 Å². The molecule has 2 unspecified atom stereocenters. The van der Waals surface area contributed by atoms with Gasteiger partial charge in [0, 0.05) is 32.7 Å². The van der Waals surface area contributed by atoms with Crippen LogP contribution in [-0.4, -0.2) is 55.0 Å². The summed E-state index contributed by atoms with van der Waals surface area (Å²) in [5.41, 5.74) is 8.10. The fraction of sp³-hybridized carbons (Fsp3) is 0.318. The van der Waals surface area contributed by atoms with E-state index < -0.39 is 24.2 Å². The molecule has 31 heavy (non-hydrogen) atoms. The Morgan fingerprint density at radius 3 is 2.19 bits per heavy atom. The largest absolute Gasteiger partial charge is 0.399 e. The van der Waals surface area contributed by atoms with Gasteiger partial charge in [-0.3, -0.25) is 14.4 Å². The third-order valence-corrected chi connectivity index (χ3v) is 4.79. The van der Waals surface area contributed by atoms with E-state index >= 15 is 0 Å². The van der Waals surface area contributed by atoms with Crippen LogP contribution in [0.15, 0.2) is 54.6 Å². The van der Waals surface area contributed by atoms with Crippen LogP contribution in [0, 0.1) is 0 Å². The van der Waals surface area contributed by atoms with Crippen LogP contribution < -0.4 is 16.4 Å². The van der Waals surface area contributed by atoms with Gasteiger partial charge in [0.05, 0.1) is 0 Å². The second kappa shape index (κ2) is 10.8. The van der Waals surface area contributed by atoms with Crippen molar-refractivity contribution in [3.8, 4) is 0 Å².